The average molecular weight is 418 g/mol. The lowest BCUT2D eigenvalue weighted by Crippen LogP contribution is -2.52. The summed E-state index contributed by atoms with van der Waals surface area (Å²) in [6.45, 7) is 6.66. The second-order valence-corrected chi connectivity index (χ2v) is 9.53. The highest BCUT2D eigenvalue weighted by Gasteiger charge is 2.36. The Kier molecular flexibility index (Phi) is 6.57. The van der Waals surface area contributed by atoms with E-state index in [4.69, 9.17) is 0 Å². The maximum atomic E-state index is 13.2. The molecular formula is C22H28FN3O2S. The van der Waals surface area contributed by atoms with Crippen LogP contribution >= 0.6 is 11.3 Å². The van der Waals surface area contributed by atoms with Gasteiger partial charge in [-0.2, -0.15) is 0 Å². The van der Waals surface area contributed by atoms with Crippen molar-refractivity contribution in [2.24, 2.45) is 0 Å². The van der Waals surface area contributed by atoms with Crippen LogP contribution in [0.25, 0.3) is 0 Å². The summed E-state index contributed by atoms with van der Waals surface area (Å²) in [6.07, 6.45) is 1.85. The Morgan fingerprint density at radius 3 is 2.38 bits per heavy atom. The summed E-state index contributed by atoms with van der Waals surface area (Å²) in [5.41, 5.74) is 0.492. The van der Waals surface area contributed by atoms with E-state index in [0.717, 1.165) is 23.3 Å². The summed E-state index contributed by atoms with van der Waals surface area (Å²) in [5.74, 6) is -0.415. The third-order valence-electron chi connectivity index (χ3n) is 4.60. The number of benzene rings is 1. The number of nitrogens with zero attached hydrogens (tertiary/aromatic N) is 2. The summed E-state index contributed by atoms with van der Waals surface area (Å²) >= 11 is 1.59. The zero-order chi connectivity index (χ0) is 21.0. The van der Waals surface area contributed by atoms with E-state index in [1.165, 1.54) is 12.1 Å². The molecule has 1 heterocycles. The minimum atomic E-state index is -0.363. The molecule has 0 bridgehead atoms. The fourth-order valence-electron chi connectivity index (χ4n) is 3.02. The summed E-state index contributed by atoms with van der Waals surface area (Å²) in [6, 6.07) is 10.0. The van der Waals surface area contributed by atoms with Gasteiger partial charge in [-0.05, 0) is 62.8 Å². The lowest BCUT2D eigenvalue weighted by atomic mass is 10.1. The fraction of sp³-hybridized carbons (Fsp3) is 0.455. The lowest BCUT2D eigenvalue weighted by Gasteiger charge is -2.30. The zero-order valence-corrected chi connectivity index (χ0v) is 18.0. The van der Waals surface area contributed by atoms with Crippen molar-refractivity contribution in [1.82, 2.24) is 15.1 Å². The quantitative estimate of drug-likeness (QED) is 0.726. The van der Waals surface area contributed by atoms with Crippen molar-refractivity contribution < 1.29 is 14.0 Å². The molecule has 5 nitrogen and oxygen atoms in total. The van der Waals surface area contributed by atoms with Gasteiger partial charge in [-0.25, -0.2) is 9.18 Å². The van der Waals surface area contributed by atoms with Crippen LogP contribution in [0.3, 0.4) is 0 Å². The molecule has 1 aromatic heterocycles. The van der Waals surface area contributed by atoms with Crippen molar-refractivity contribution >= 4 is 23.3 Å². The first-order chi connectivity index (χ1) is 13.7. The normalized spacial score (nSPS) is 13.8. The van der Waals surface area contributed by atoms with Gasteiger partial charge < -0.3 is 15.1 Å². The van der Waals surface area contributed by atoms with Crippen molar-refractivity contribution in [2.45, 2.75) is 58.3 Å². The van der Waals surface area contributed by atoms with Crippen LogP contribution in [-0.4, -0.2) is 39.9 Å². The fourth-order valence-corrected chi connectivity index (χ4v) is 3.74. The molecule has 1 fully saturated rings. The van der Waals surface area contributed by atoms with Gasteiger partial charge >= 0.3 is 6.03 Å². The molecule has 1 saturated carbocycles. The number of amides is 3. The molecule has 0 saturated heterocycles. The van der Waals surface area contributed by atoms with Gasteiger partial charge in [0.05, 0.1) is 6.54 Å². The Morgan fingerprint density at radius 1 is 1.14 bits per heavy atom. The third-order valence-corrected chi connectivity index (χ3v) is 5.46. The van der Waals surface area contributed by atoms with E-state index in [1.807, 2.05) is 38.3 Å². The summed E-state index contributed by atoms with van der Waals surface area (Å²) < 4.78 is 13.2. The van der Waals surface area contributed by atoms with Crippen molar-refractivity contribution in [3.8, 4) is 0 Å². The maximum absolute atomic E-state index is 13.2. The Labute approximate surface area is 175 Å². The van der Waals surface area contributed by atoms with Crippen LogP contribution in [-0.2, 0) is 17.9 Å². The zero-order valence-electron chi connectivity index (χ0n) is 17.2. The second-order valence-electron chi connectivity index (χ2n) is 8.49. The number of hydrogen-bond donors (Lipinski definition) is 1. The molecule has 1 aliphatic carbocycles. The van der Waals surface area contributed by atoms with Crippen molar-refractivity contribution in [1.29, 1.82) is 0 Å². The summed E-state index contributed by atoms with van der Waals surface area (Å²) in [4.78, 5) is 30.4. The van der Waals surface area contributed by atoms with E-state index in [1.54, 1.807) is 33.3 Å². The number of halogens is 1. The molecule has 7 heteroatoms. The molecule has 0 radical (unpaired) electrons. The van der Waals surface area contributed by atoms with E-state index in [-0.39, 0.29) is 35.9 Å². The number of rotatable bonds is 7. The molecule has 2 aromatic rings. The van der Waals surface area contributed by atoms with E-state index < -0.39 is 0 Å². The highest BCUT2D eigenvalue weighted by molar-refractivity contribution is 7.09. The summed E-state index contributed by atoms with van der Waals surface area (Å²) in [5, 5.41) is 4.94. The van der Waals surface area contributed by atoms with Crippen molar-refractivity contribution in [3.05, 3.63) is 58.0 Å². The van der Waals surface area contributed by atoms with Crippen LogP contribution in [0.2, 0.25) is 0 Å². The first-order valence-electron chi connectivity index (χ1n) is 9.85. The third kappa shape index (κ3) is 6.56. The van der Waals surface area contributed by atoms with Crippen molar-refractivity contribution in [2.75, 3.05) is 6.54 Å². The molecule has 3 amide bonds. The minimum absolute atomic E-state index is 0.0408. The van der Waals surface area contributed by atoms with Gasteiger partial charge in [0.15, 0.2) is 0 Å². The number of thiophene rings is 1. The number of hydrogen-bond acceptors (Lipinski definition) is 3. The molecule has 0 aliphatic heterocycles. The monoisotopic (exact) mass is 417 g/mol. The van der Waals surface area contributed by atoms with Gasteiger partial charge in [0.1, 0.15) is 12.4 Å². The molecule has 0 atom stereocenters. The Hall–Kier alpha value is -2.41. The standard InChI is InChI=1S/C22H28FN3O2S/c1-22(2,3)24-21(28)26(18-10-11-18)15-20(27)25(14-19-5-4-12-29-19)13-16-6-8-17(23)9-7-16/h4-9,12,18H,10-11,13-15H2,1-3H3,(H,24,28). The maximum Gasteiger partial charge on any atom is 0.318 e. The van der Waals surface area contributed by atoms with E-state index in [9.17, 15) is 14.0 Å². The van der Waals surface area contributed by atoms with Crippen molar-refractivity contribution in [3.63, 3.8) is 0 Å². The van der Waals surface area contributed by atoms with Crippen LogP contribution in [0.5, 0.6) is 0 Å². The molecular weight excluding hydrogens is 389 g/mol. The first-order valence-corrected chi connectivity index (χ1v) is 10.7. The van der Waals surface area contributed by atoms with Gasteiger partial charge in [0.2, 0.25) is 5.91 Å². The Bertz CT molecular complexity index is 827. The van der Waals surface area contributed by atoms with Gasteiger partial charge in [0.25, 0.3) is 0 Å². The van der Waals surface area contributed by atoms with Crippen LogP contribution in [0.4, 0.5) is 9.18 Å². The topological polar surface area (TPSA) is 52.7 Å². The van der Waals surface area contributed by atoms with Crippen LogP contribution < -0.4 is 5.32 Å². The molecule has 3 rings (SSSR count). The van der Waals surface area contributed by atoms with Crippen LogP contribution in [0.15, 0.2) is 41.8 Å². The van der Waals surface area contributed by atoms with Crippen LogP contribution in [0, 0.1) is 5.82 Å². The minimum Gasteiger partial charge on any atom is -0.333 e. The average Bonchev–Trinajstić information content (AvgIpc) is 3.35. The molecule has 0 unspecified atom stereocenters. The largest absolute Gasteiger partial charge is 0.333 e. The predicted molar refractivity (Wildman–Crippen MR) is 113 cm³/mol. The number of nitrogens with one attached hydrogen (secondary N) is 1. The molecule has 1 aliphatic rings. The molecule has 156 valence electrons. The highest BCUT2D eigenvalue weighted by Crippen LogP contribution is 2.27. The van der Waals surface area contributed by atoms with Gasteiger partial charge in [-0.3, -0.25) is 4.79 Å². The highest BCUT2D eigenvalue weighted by atomic mass is 32.1. The Morgan fingerprint density at radius 2 is 1.83 bits per heavy atom. The van der Waals surface area contributed by atoms with Gasteiger partial charge in [-0.15, -0.1) is 11.3 Å². The SMILES string of the molecule is CC(C)(C)NC(=O)N(CC(=O)N(Cc1ccc(F)cc1)Cc1cccs1)C1CC1. The van der Waals surface area contributed by atoms with Gasteiger partial charge in [-0.1, -0.05) is 18.2 Å². The molecule has 1 aromatic carbocycles. The predicted octanol–water partition coefficient (Wildman–Crippen LogP) is 4.39. The second kappa shape index (κ2) is 8.95. The molecule has 0 spiro atoms. The number of carbonyl (C=O) groups excluding carboxylic acids is 2. The molecule has 1 N–H and O–H groups in total. The first kappa shape index (κ1) is 21.3. The van der Waals surface area contributed by atoms with Gasteiger partial charge in [0, 0.05) is 23.0 Å². The summed E-state index contributed by atoms with van der Waals surface area (Å²) in [7, 11) is 0. The lowest BCUT2D eigenvalue weighted by molar-refractivity contribution is -0.133. The Balaban J connectivity index is 1.73. The van der Waals surface area contributed by atoms with E-state index >= 15 is 0 Å². The van der Waals surface area contributed by atoms with E-state index in [0.29, 0.717) is 13.1 Å². The van der Waals surface area contributed by atoms with Crippen LogP contribution in [0.1, 0.15) is 44.1 Å². The number of urea groups is 1. The number of carbonyl (C=O) groups is 2. The van der Waals surface area contributed by atoms with E-state index in [2.05, 4.69) is 5.32 Å². The molecule has 29 heavy (non-hydrogen) atoms. The smallest absolute Gasteiger partial charge is 0.318 e.